The predicted molar refractivity (Wildman–Crippen MR) is 80.1 cm³/mol. The van der Waals surface area contributed by atoms with Crippen molar-refractivity contribution < 1.29 is 14.3 Å². The minimum Gasteiger partial charge on any atom is -0.468 e. The molecule has 0 aliphatic carbocycles. The van der Waals surface area contributed by atoms with Crippen LogP contribution in [0.2, 0.25) is 0 Å². The van der Waals surface area contributed by atoms with Gasteiger partial charge in [-0.2, -0.15) is 0 Å². The second-order valence-corrected chi connectivity index (χ2v) is 5.79. The lowest BCUT2D eigenvalue weighted by atomic mass is 10.2. The van der Waals surface area contributed by atoms with Gasteiger partial charge < -0.3 is 9.64 Å². The topological polar surface area (TPSA) is 46.6 Å². The van der Waals surface area contributed by atoms with Crippen molar-refractivity contribution in [3.05, 3.63) is 32.7 Å². The number of carbonyl (C=O) groups is 2. The van der Waals surface area contributed by atoms with Gasteiger partial charge in [-0.1, -0.05) is 38.8 Å². The molecule has 0 aliphatic rings. The SMILES string of the molecule is CCCN(CC(=O)OC)C(=O)c1cc(Br)cc(Br)c1. The zero-order valence-corrected chi connectivity index (χ0v) is 14.0. The number of carbonyl (C=O) groups excluding carboxylic acids is 2. The van der Waals surface area contributed by atoms with Crippen molar-refractivity contribution in [3.8, 4) is 0 Å². The number of benzene rings is 1. The van der Waals surface area contributed by atoms with E-state index < -0.39 is 5.97 Å². The highest BCUT2D eigenvalue weighted by Crippen LogP contribution is 2.21. The predicted octanol–water partition coefficient (Wildman–Crippen LogP) is 3.24. The van der Waals surface area contributed by atoms with Gasteiger partial charge in [0.2, 0.25) is 0 Å². The molecule has 104 valence electrons. The lowest BCUT2D eigenvalue weighted by Crippen LogP contribution is -2.36. The fourth-order valence-corrected chi connectivity index (χ4v) is 2.90. The molecule has 0 heterocycles. The summed E-state index contributed by atoms with van der Waals surface area (Å²) in [7, 11) is 1.31. The second kappa shape index (κ2) is 7.65. The molecule has 1 rings (SSSR count). The number of rotatable bonds is 5. The van der Waals surface area contributed by atoms with E-state index in [2.05, 4.69) is 36.6 Å². The maximum atomic E-state index is 12.4. The highest BCUT2D eigenvalue weighted by molar-refractivity contribution is 9.11. The fourth-order valence-electron chi connectivity index (χ4n) is 1.60. The molecule has 0 aliphatic heterocycles. The molecule has 0 fully saturated rings. The zero-order chi connectivity index (χ0) is 14.4. The van der Waals surface area contributed by atoms with E-state index in [4.69, 9.17) is 0 Å². The van der Waals surface area contributed by atoms with E-state index in [1.54, 1.807) is 12.1 Å². The molecular formula is C13H15Br2NO3. The summed E-state index contributed by atoms with van der Waals surface area (Å²) < 4.78 is 6.22. The lowest BCUT2D eigenvalue weighted by molar-refractivity contribution is -0.141. The molecule has 0 spiro atoms. The molecule has 1 aromatic rings. The normalized spacial score (nSPS) is 10.1. The summed E-state index contributed by atoms with van der Waals surface area (Å²) >= 11 is 6.68. The Hall–Kier alpha value is -0.880. The van der Waals surface area contributed by atoms with E-state index in [1.165, 1.54) is 12.0 Å². The molecular weight excluding hydrogens is 378 g/mol. The summed E-state index contributed by atoms with van der Waals surface area (Å²) in [5.41, 5.74) is 0.526. The van der Waals surface area contributed by atoms with Crippen LogP contribution in [-0.2, 0) is 9.53 Å². The van der Waals surface area contributed by atoms with Crippen molar-refractivity contribution in [1.29, 1.82) is 0 Å². The Bertz CT molecular complexity index is 457. The van der Waals surface area contributed by atoms with Gasteiger partial charge in [-0.25, -0.2) is 0 Å². The Labute approximate surface area is 129 Å². The molecule has 0 saturated heterocycles. The Kier molecular flexibility index (Phi) is 6.51. The van der Waals surface area contributed by atoms with E-state index in [9.17, 15) is 9.59 Å². The monoisotopic (exact) mass is 391 g/mol. The number of esters is 1. The maximum Gasteiger partial charge on any atom is 0.325 e. The van der Waals surface area contributed by atoms with Gasteiger partial charge in [0.15, 0.2) is 0 Å². The van der Waals surface area contributed by atoms with Crippen LogP contribution in [0, 0.1) is 0 Å². The van der Waals surface area contributed by atoms with Crippen molar-refractivity contribution in [2.24, 2.45) is 0 Å². The van der Waals surface area contributed by atoms with E-state index >= 15 is 0 Å². The third-order valence-corrected chi connectivity index (χ3v) is 3.35. The Morgan fingerprint density at radius 1 is 1.21 bits per heavy atom. The van der Waals surface area contributed by atoms with E-state index in [0.29, 0.717) is 12.1 Å². The molecule has 1 aromatic carbocycles. The third-order valence-electron chi connectivity index (χ3n) is 2.44. The third kappa shape index (κ3) is 4.95. The van der Waals surface area contributed by atoms with Crippen molar-refractivity contribution in [1.82, 2.24) is 4.90 Å². The molecule has 0 aromatic heterocycles. The van der Waals surface area contributed by atoms with Crippen LogP contribution in [0.15, 0.2) is 27.1 Å². The number of hydrogen-bond donors (Lipinski definition) is 0. The molecule has 0 radical (unpaired) electrons. The van der Waals surface area contributed by atoms with Crippen LogP contribution >= 0.6 is 31.9 Å². The number of methoxy groups -OCH3 is 1. The maximum absolute atomic E-state index is 12.4. The number of hydrogen-bond acceptors (Lipinski definition) is 3. The quantitative estimate of drug-likeness (QED) is 0.722. The minimum absolute atomic E-state index is 0.0344. The van der Waals surface area contributed by atoms with Gasteiger partial charge >= 0.3 is 5.97 Å². The summed E-state index contributed by atoms with van der Waals surface area (Å²) in [6.45, 7) is 2.43. The average Bonchev–Trinajstić information content (AvgIpc) is 2.36. The molecule has 1 amide bonds. The number of halogens is 2. The molecule has 4 nitrogen and oxygen atoms in total. The van der Waals surface area contributed by atoms with E-state index in [-0.39, 0.29) is 12.5 Å². The largest absolute Gasteiger partial charge is 0.468 e. The number of nitrogens with zero attached hydrogens (tertiary/aromatic N) is 1. The van der Waals surface area contributed by atoms with Gasteiger partial charge in [0.05, 0.1) is 7.11 Å². The Morgan fingerprint density at radius 3 is 2.26 bits per heavy atom. The van der Waals surface area contributed by atoms with Gasteiger partial charge in [0, 0.05) is 21.1 Å². The summed E-state index contributed by atoms with van der Waals surface area (Å²) in [5.74, 6) is -0.606. The Balaban J connectivity index is 2.94. The number of ether oxygens (including phenoxy) is 1. The van der Waals surface area contributed by atoms with Gasteiger partial charge in [-0.05, 0) is 24.6 Å². The molecule has 0 N–H and O–H groups in total. The minimum atomic E-state index is -0.420. The van der Waals surface area contributed by atoms with Crippen molar-refractivity contribution in [2.75, 3.05) is 20.2 Å². The highest BCUT2D eigenvalue weighted by atomic mass is 79.9. The average molecular weight is 393 g/mol. The van der Waals surface area contributed by atoms with Crippen molar-refractivity contribution in [2.45, 2.75) is 13.3 Å². The summed E-state index contributed by atoms with van der Waals surface area (Å²) in [5, 5.41) is 0. The first kappa shape index (κ1) is 16.2. The first-order valence-corrected chi connectivity index (χ1v) is 7.38. The van der Waals surface area contributed by atoms with Gasteiger partial charge in [0.1, 0.15) is 6.54 Å². The summed E-state index contributed by atoms with van der Waals surface area (Å²) in [6, 6.07) is 5.31. The van der Waals surface area contributed by atoms with Gasteiger partial charge in [-0.3, -0.25) is 9.59 Å². The van der Waals surface area contributed by atoms with Crippen LogP contribution in [0.4, 0.5) is 0 Å². The summed E-state index contributed by atoms with van der Waals surface area (Å²) in [6.07, 6.45) is 0.776. The van der Waals surface area contributed by atoms with Crippen molar-refractivity contribution in [3.63, 3.8) is 0 Å². The molecule has 0 atom stereocenters. The van der Waals surface area contributed by atoms with E-state index in [1.807, 2.05) is 13.0 Å². The molecule has 6 heteroatoms. The lowest BCUT2D eigenvalue weighted by Gasteiger charge is -2.21. The van der Waals surface area contributed by atoms with Crippen LogP contribution in [0.25, 0.3) is 0 Å². The fraction of sp³-hybridized carbons (Fsp3) is 0.385. The molecule has 0 bridgehead atoms. The van der Waals surface area contributed by atoms with Gasteiger partial charge in [0.25, 0.3) is 5.91 Å². The van der Waals surface area contributed by atoms with Crippen LogP contribution in [-0.4, -0.2) is 37.0 Å². The molecule has 0 saturated carbocycles. The Morgan fingerprint density at radius 2 is 1.79 bits per heavy atom. The van der Waals surface area contributed by atoms with Crippen molar-refractivity contribution >= 4 is 43.7 Å². The highest BCUT2D eigenvalue weighted by Gasteiger charge is 2.19. The standard InChI is InChI=1S/C13H15Br2NO3/c1-3-4-16(8-12(17)19-2)13(18)9-5-10(14)7-11(15)6-9/h5-7H,3-4,8H2,1-2H3. The van der Waals surface area contributed by atoms with E-state index in [0.717, 1.165) is 15.4 Å². The number of amides is 1. The summed E-state index contributed by atoms with van der Waals surface area (Å²) in [4.78, 5) is 25.2. The smallest absolute Gasteiger partial charge is 0.325 e. The zero-order valence-electron chi connectivity index (χ0n) is 10.8. The van der Waals surface area contributed by atoms with Crippen LogP contribution in [0.5, 0.6) is 0 Å². The van der Waals surface area contributed by atoms with Crippen LogP contribution in [0.1, 0.15) is 23.7 Å². The van der Waals surface area contributed by atoms with Crippen LogP contribution in [0.3, 0.4) is 0 Å². The molecule has 19 heavy (non-hydrogen) atoms. The molecule has 0 unspecified atom stereocenters. The first-order valence-electron chi connectivity index (χ1n) is 5.80. The van der Waals surface area contributed by atoms with Gasteiger partial charge in [-0.15, -0.1) is 0 Å². The van der Waals surface area contributed by atoms with Crippen LogP contribution < -0.4 is 0 Å². The second-order valence-electron chi connectivity index (χ2n) is 3.96. The first-order chi connectivity index (χ1) is 8.97.